The Kier molecular flexibility index (Phi) is 4.96. The predicted molar refractivity (Wildman–Crippen MR) is 61.0 cm³/mol. The van der Waals surface area contributed by atoms with Gasteiger partial charge >= 0.3 is 11.9 Å². The van der Waals surface area contributed by atoms with E-state index in [1.807, 2.05) is 0 Å². The van der Waals surface area contributed by atoms with Crippen LogP contribution in [0, 0.1) is 5.82 Å². The number of carbonyl (C=O) groups is 2. The van der Waals surface area contributed by atoms with Crippen molar-refractivity contribution in [2.45, 2.75) is 18.6 Å². The number of hydrogen-bond acceptors (Lipinski definition) is 5. The molecule has 6 nitrogen and oxygen atoms in total. The predicted octanol–water partition coefficient (Wildman–Crippen LogP) is 0.481. The maximum absolute atomic E-state index is 13.3. The van der Waals surface area contributed by atoms with Crippen LogP contribution >= 0.6 is 0 Å². The maximum atomic E-state index is 13.3. The molecule has 0 aliphatic rings. The lowest BCUT2D eigenvalue weighted by Crippen LogP contribution is -2.22. The molecule has 0 fully saturated rings. The number of aliphatic hydroxyl groups is 2. The summed E-state index contributed by atoms with van der Waals surface area (Å²) in [6.45, 7) is 0. The van der Waals surface area contributed by atoms with Gasteiger partial charge in [0.1, 0.15) is 11.9 Å². The number of halogens is 1. The summed E-state index contributed by atoms with van der Waals surface area (Å²) in [4.78, 5) is 21.7. The van der Waals surface area contributed by atoms with Gasteiger partial charge in [-0.1, -0.05) is 0 Å². The smallest absolute Gasteiger partial charge is 0.337 e. The summed E-state index contributed by atoms with van der Waals surface area (Å²) in [5.74, 6) is -2.92. The lowest BCUT2D eigenvalue weighted by molar-refractivity contribution is -0.141. The molecule has 0 saturated heterocycles. The van der Waals surface area contributed by atoms with Gasteiger partial charge in [-0.15, -0.1) is 0 Å². The van der Waals surface area contributed by atoms with Crippen molar-refractivity contribution in [1.82, 2.24) is 0 Å². The molecule has 104 valence electrons. The van der Waals surface area contributed by atoms with E-state index >= 15 is 0 Å². The van der Waals surface area contributed by atoms with Gasteiger partial charge in [0.15, 0.2) is 0 Å². The first-order chi connectivity index (χ1) is 8.85. The number of carbonyl (C=O) groups excluding carboxylic acids is 1. The van der Waals surface area contributed by atoms with Crippen LogP contribution in [-0.4, -0.2) is 40.5 Å². The van der Waals surface area contributed by atoms with Crippen LogP contribution in [0.3, 0.4) is 0 Å². The summed E-state index contributed by atoms with van der Waals surface area (Å²) < 4.78 is 17.7. The molecule has 2 unspecified atom stereocenters. The van der Waals surface area contributed by atoms with Gasteiger partial charge in [0.2, 0.25) is 0 Å². The van der Waals surface area contributed by atoms with E-state index in [1.165, 1.54) is 0 Å². The molecule has 1 rings (SSSR count). The van der Waals surface area contributed by atoms with Crippen molar-refractivity contribution in [3.63, 3.8) is 0 Å². The SMILES string of the molecule is COC(=O)c1cc(F)cc(C(O)C(O)CC(=O)O)c1. The van der Waals surface area contributed by atoms with E-state index in [2.05, 4.69) is 4.74 Å². The summed E-state index contributed by atoms with van der Waals surface area (Å²) in [6.07, 6.45) is -3.93. The molecule has 0 saturated carbocycles. The van der Waals surface area contributed by atoms with Crippen molar-refractivity contribution < 1.29 is 34.0 Å². The lowest BCUT2D eigenvalue weighted by atomic mass is 10.00. The van der Waals surface area contributed by atoms with Crippen molar-refractivity contribution >= 4 is 11.9 Å². The average Bonchev–Trinajstić information content (AvgIpc) is 2.35. The van der Waals surface area contributed by atoms with E-state index in [4.69, 9.17) is 5.11 Å². The van der Waals surface area contributed by atoms with Gasteiger partial charge in [-0.05, 0) is 23.8 Å². The number of hydrogen-bond donors (Lipinski definition) is 3. The van der Waals surface area contributed by atoms with Crippen molar-refractivity contribution in [2.24, 2.45) is 0 Å². The Morgan fingerprint density at radius 3 is 2.47 bits per heavy atom. The van der Waals surface area contributed by atoms with Gasteiger partial charge in [-0.2, -0.15) is 0 Å². The first kappa shape index (κ1) is 15.1. The second-order valence-electron chi connectivity index (χ2n) is 3.87. The van der Waals surface area contributed by atoms with Crippen LogP contribution in [0.1, 0.15) is 28.4 Å². The first-order valence-corrected chi connectivity index (χ1v) is 5.32. The Balaban J connectivity index is 3.02. The number of carboxylic acid groups (broad SMARTS) is 1. The summed E-state index contributed by atoms with van der Waals surface area (Å²) in [5, 5.41) is 27.7. The fraction of sp³-hybridized carbons (Fsp3) is 0.333. The van der Waals surface area contributed by atoms with Gasteiger partial charge in [0.25, 0.3) is 0 Å². The van der Waals surface area contributed by atoms with Gasteiger partial charge in [0.05, 0.1) is 25.2 Å². The highest BCUT2D eigenvalue weighted by molar-refractivity contribution is 5.89. The van der Waals surface area contributed by atoms with Crippen LogP contribution in [0.15, 0.2) is 18.2 Å². The number of ether oxygens (including phenoxy) is 1. The van der Waals surface area contributed by atoms with Crippen LogP contribution in [0.25, 0.3) is 0 Å². The molecule has 0 aromatic heterocycles. The molecule has 1 aromatic carbocycles. The third-order valence-electron chi connectivity index (χ3n) is 2.43. The summed E-state index contributed by atoms with van der Waals surface area (Å²) in [5.41, 5.74) is -0.242. The molecule has 0 radical (unpaired) electrons. The highest BCUT2D eigenvalue weighted by Crippen LogP contribution is 2.22. The standard InChI is InChI=1S/C12H13FO6/c1-19-12(18)7-2-6(3-8(13)4-7)11(17)9(14)5-10(15)16/h2-4,9,11,14,17H,5H2,1H3,(H,15,16). The number of methoxy groups -OCH3 is 1. The summed E-state index contributed by atoms with van der Waals surface area (Å²) >= 11 is 0. The summed E-state index contributed by atoms with van der Waals surface area (Å²) in [6, 6.07) is 2.94. The highest BCUT2D eigenvalue weighted by Gasteiger charge is 2.23. The van der Waals surface area contributed by atoms with Gasteiger partial charge in [0, 0.05) is 0 Å². The van der Waals surface area contributed by atoms with Crippen molar-refractivity contribution in [1.29, 1.82) is 0 Å². The third-order valence-corrected chi connectivity index (χ3v) is 2.43. The molecular weight excluding hydrogens is 259 g/mol. The normalized spacial score (nSPS) is 13.7. The van der Waals surface area contributed by atoms with Crippen LogP contribution in [0.2, 0.25) is 0 Å². The highest BCUT2D eigenvalue weighted by atomic mass is 19.1. The molecule has 0 heterocycles. The van der Waals surface area contributed by atoms with Crippen molar-refractivity contribution in [3.8, 4) is 0 Å². The van der Waals surface area contributed by atoms with Gasteiger partial charge in [-0.25, -0.2) is 9.18 Å². The molecular formula is C12H13FO6. The number of aliphatic carboxylic acids is 1. The zero-order chi connectivity index (χ0) is 14.6. The molecule has 0 aliphatic heterocycles. The number of esters is 1. The maximum Gasteiger partial charge on any atom is 0.337 e. The lowest BCUT2D eigenvalue weighted by Gasteiger charge is -2.17. The number of benzene rings is 1. The van der Waals surface area contributed by atoms with E-state index in [9.17, 15) is 24.2 Å². The van der Waals surface area contributed by atoms with Gasteiger partial charge < -0.3 is 20.1 Å². The molecule has 0 bridgehead atoms. The fourth-order valence-corrected chi connectivity index (χ4v) is 1.53. The van der Waals surface area contributed by atoms with Crippen LogP contribution < -0.4 is 0 Å². The minimum atomic E-state index is -1.62. The topological polar surface area (TPSA) is 104 Å². The van der Waals surface area contributed by atoms with E-state index in [-0.39, 0.29) is 11.1 Å². The Hall–Kier alpha value is -1.99. The van der Waals surface area contributed by atoms with Crippen molar-refractivity contribution in [3.05, 3.63) is 35.1 Å². The monoisotopic (exact) mass is 272 g/mol. The molecule has 0 aliphatic carbocycles. The molecule has 0 spiro atoms. The molecule has 1 aromatic rings. The molecule has 0 amide bonds. The Labute approximate surface area is 108 Å². The van der Waals surface area contributed by atoms with E-state index in [1.54, 1.807) is 0 Å². The molecule has 19 heavy (non-hydrogen) atoms. The van der Waals surface area contributed by atoms with Gasteiger partial charge in [-0.3, -0.25) is 4.79 Å². The number of carboxylic acids is 1. The fourth-order valence-electron chi connectivity index (χ4n) is 1.53. The van der Waals surface area contributed by atoms with Crippen LogP contribution in [-0.2, 0) is 9.53 Å². The molecule has 2 atom stereocenters. The van der Waals surface area contributed by atoms with Crippen molar-refractivity contribution in [2.75, 3.05) is 7.11 Å². The van der Waals surface area contributed by atoms with E-state index < -0.39 is 36.4 Å². The van der Waals surface area contributed by atoms with E-state index in [0.717, 1.165) is 25.3 Å². The largest absolute Gasteiger partial charge is 0.481 e. The summed E-state index contributed by atoms with van der Waals surface area (Å²) in [7, 11) is 1.11. The Morgan fingerprint density at radius 1 is 1.32 bits per heavy atom. The second-order valence-corrected chi connectivity index (χ2v) is 3.87. The third kappa shape index (κ3) is 4.01. The van der Waals surface area contributed by atoms with Crippen LogP contribution in [0.4, 0.5) is 4.39 Å². The number of rotatable bonds is 5. The quantitative estimate of drug-likeness (QED) is 0.673. The minimum absolute atomic E-state index is 0.103. The Bertz CT molecular complexity index is 487. The molecule has 3 N–H and O–H groups in total. The van der Waals surface area contributed by atoms with E-state index in [0.29, 0.717) is 0 Å². The average molecular weight is 272 g/mol. The molecule has 7 heteroatoms. The number of aliphatic hydroxyl groups excluding tert-OH is 2. The Morgan fingerprint density at radius 2 is 1.95 bits per heavy atom. The van der Waals surface area contributed by atoms with Crippen LogP contribution in [0.5, 0.6) is 0 Å². The second kappa shape index (κ2) is 6.26. The zero-order valence-corrected chi connectivity index (χ0v) is 10.0. The first-order valence-electron chi connectivity index (χ1n) is 5.32. The minimum Gasteiger partial charge on any atom is -0.481 e. The zero-order valence-electron chi connectivity index (χ0n) is 10.0.